The second-order valence-corrected chi connectivity index (χ2v) is 3.58. The van der Waals surface area contributed by atoms with Crippen molar-refractivity contribution in [2.24, 2.45) is 0 Å². The molecule has 0 fully saturated rings. The first-order valence-electron chi connectivity index (χ1n) is 5.19. The van der Waals surface area contributed by atoms with Gasteiger partial charge >= 0.3 is 0 Å². The number of nitrogens with zero attached hydrogens (tertiary/aromatic N) is 3. The quantitative estimate of drug-likeness (QED) is 0.752. The Kier molecular flexibility index (Phi) is 4.84. The average molecular weight is 392 g/mol. The zero-order valence-corrected chi connectivity index (χ0v) is 11.7. The van der Waals surface area contributed by atoms with Gasteiger partial charge in [-0.1, -0.05) is 38.6 Å². The number of hydrogen-bond donors (Lipinski definition) is 0. The molecule has 3 nitrogen and oxygen atoms in total. The Morgan fingerprint density at radius 2 is 2.19 bits per heavy atom. The summed E-state index contributed by atoms with van der Waals surface area (Å²) in [6.45, 7) is 4.32. The number of hydrogen-bond acceptors (Lipinski definition) is 2. The molecule has 0 saturated heterocycles. The fourth-order valence-corrected chi connectivity index (χ4v) is 1.48. The van der Waals surface area contributed by atoms with Gasteiger partial charge in [-0.25, -0.2) is 0 Å². The third kappa shape index (κ3) is 2.57. The van der Waals surface area contributed by atoms with Gasteiger partial charge in [0.25, 0.3) is 0 Å². The summed E-state index contributed by atoms with van der Waals surface area (Å²) in [4.78, 5) is 8.62. The smallest absolute Gasteiger partial charge is 0.0271 e. The summed E-state index contributed by atoms with van der Waals surface area (Å²) in [5, 5.41) is 0. The second kappa shape index (κ2) is 5.92. The maximum Gasteiger partial charge on any atom is 0.0271 e. The van der Waals surface area contributed by atoms with E-state index < -0.39 is 0 Å². The van der Waals surface area contributed by atoms with Crippen LogP contribution in [-0.4, -0.2) is 14.5 Å². The van der Waals surface area contributed by atoms with E-state index in [2.05, 4.69) is 30.0 Å². The second-order valence-electron chi connectivity index (χ2n) is 3.58. The van der Waals surface area contributed by atoms with E-state index in [4.69, 9.17) is 0 Å². The molecule has 87 valence electrons. The molecule has 0 aliphatic rings. The van der Waals surface area contributed by atoms with Gasteiger partial charge in [-0.3, -0.25) is 0 Å². The Balaban J connectivity index is 0.00000128. The van der Waals surface area contributed by atoms with Crippen molar-refractivity contribution in [3.63, 3.8) is 0 Å². The zero-order valence-electron chi connectivity index (χ0n) is 9.35. The molecule has 1 radical (unpaired) electrons. The van der Waals surface area contributed by atoms with Gasteiger partial charge in [0.15, 0.2) is 0 Å². The van der Waals surface area contributed by atoms with Gasteiger partial charge in [0.1, 0.15) is 0 Å². The molecule has 16 heavy (non-hydrogen) atoms. The number of aromatic nitrogens is 3. The predicted molar refractivity (Wildman–Crippen MR) is 58.9 cm³/mol. The van der Waals surface area contributed by atoms with Gasteiger partial charge in [0.05, 0.1) is 0 Å². The molecule has 1 atom stereocenters. The number of pyridine rings is 1. The van der Waals surface area contributed by atoms with Gasteiger partial charge in [0, 0.05) is 37.9 Å². The summed E-state index contributed by atoms with van der Waals surface area (Å²) in [7, 11) is 0. The topological polar surface area (TPSA) is 30.7 Å². The molecule has 2 aromatic rings. The zero-order chi connectivity index (χ0) is 10.7. The summed E-state index contributed by atoms with van der Waals surface area (Å²) < 4.78 is 1.92. The first-order chi connectivity index (χ1) is 7.33. The third-order valence-corrected chi connectivity index (χ3v) is 2.54. The van der Waals surface area contributed by atoms with Crippen LogP contribution in [-0.2, 0) is 20.1 Å². The van der Waals surface area contributed by atoms with Crippen molar-refractivity contribution in [1.82, 2.24) is 14.5 Å². The molecule has 0 saturated carbocycles. The van der Waals surface area contributed by atoms with Crippen LogP contribution in [0.5, 0.6) is 0 Å². The molecule has 4 heteroatoms. The summed E-state index contributed by atoms with van der Waals surface area (Å²) >= 11 is 0. The molecular weight excluding hydrogens is 378 g/mol. The number of rotatable bonds is 3. The maximum absolute atomic E-state index is 4.33. The molecule has 0 aliphatic heterocycles. The van der Waals surface area contributed by atoms with Crippen LogP contribution in [0.1, 0.15) is 32.0 Å². The SMILES string of the molecule is CCC(C)c1nc[c-]n1-c1ccccn1.[Ir]. The fraction of sp³-hybridized carbons (Fsp3) is 0.333. The summed E-state index contributed by atoms with van der Waals surface area (Å²) in [5.41, 5.74) is 0. The van der Waals surface area contributed by atoms with Crippen LogP contribution in [0.3, 0.4) is 0 Å². The Bertz CT molecular complexity index is 425. The van der Waals surface area contributed by atoms with E-state index in [0.29, 0.717) is 5.92 Å². The Morgan fingerprint density at radius 1 is 1.38 bits per heavy atom. The first-order valence-corrected chi connectivity index (χ1v) is 5.19. The van der Waals surface area contributed by atoms with E-state index in [0.717, 1.165) is 18.1 Å². The average Bonchev–Trinajstić information content (AvgIpc) is 2.78. The van der Waals surface area contributed by atoms with Crippen molar-refractivity contribution < 1.29 is 20.1 Å². The fourth-order valence-electron chi connectivity index (χ4n) is 1.48. The molecule has 1 unspecified atom stereocenters. The van der Waals surface area contributed by atoms with Crippen LogP contribution in [0.15, 0.2) is 30.6 Å². The normalized spacial score (nSPS) is 11.9. The van der Waals surface area contributed by atoms with E-state index in [1.54, 1.807) is 12.4 Å². The Morgan fingerprint density at radius 3 is 2.81 bits per heavy atom. The van der Waals surface area contributed by atoms with E-state index in [9.17, 15) is 0 Å². The molecule has 0 aromatic carbocycles. The molecule has 0 amide bonds. The minimum Gasteiger partial charge on any atom is -0.450 e. The van der Waals surface area contributed by atoms with Gasteiger partial charge in [-0.05, 0) is 18.2 Å². The first kappa shape index (κ1) is 13.1. The van der Waals surface area contributed by atoms with Crippen molar-refractivity contribution in [2.45, 2.75) is 26.2 Å². The van der Waals surface area contributed by atoms with E-state index in [1.807, 2.05) is 22.8 Å². The molecule has 0 N–H and O–H groups in total. The van der Waals surface area contributed by atoms with E-state index in [1.165, 1.54) is 0 Å². The summed E-state index contributed by atoms with van der Waals surface area (Å²) in [6, 6.07) is 5.84. The Hall–Kier alpha value is -0.991. The van der Waals surface area contributed by atoms with Gasteiger partial charge in [0.2, 0.25) is 0 Å². The van der Waals surface area contributed by atoms with Crippen LogP contribution in [0.4, 0.5) is 0 Å². The van der Waals surface area contributed by atoms with E-state index in [-0.39, 0.29) is 20.1 Å². The largest absolute Gasteiger partial charge is 0.450 e. The third-order valence-electron chi connectivity index (χ3n) is 2.54. The predicted octanol–water partition coefficient (Wildman–Crippen LogP) is 2.58. The summed E-state index contributed by atoms with van der Waals surface area (Å²) in [6.07, 6.45) is 7.63. The van der Waals surface area contributed by atoms with Gasteiger partial charge < -0.3 is 14.5 Å². The molecule has 0 bridgehead atoms. The van der Waals surface area contributed by atoms with Crippen molar-refractivity contribution in [2.75, 3.05) is 0 Å². The molecule has 0 spiro atoms. The van der Waals surface area contributed by atoms with Crippen molar-refractivity contribution in [3.05, 3.63) is 42.6 Å². The molecule has 2 rings (SSSR count). The Labute approximate surface area is 109 Å². The van der Waals surface area contributed by atoms with Crippen LogP contribution >= 0.6 is 0 Å². The molecule has 0 aliphatic carbocycles. The minimum atomic E-state index is 0. The van der Waals surface area contributed by atoms with Crippen molar-refractivity contribution in [3.8, 4) is 5.82 Å². The van der Waals surface area contributed by atoms with Crippen LogP contribution < -0.4 is 0 Å². The van der Waals surface area contributed by atoms with Gasteiger partial charge in [-0.2, -0.15) is 0 Å². The van der Waals surface area contributed by atoms with Crippen LogP contribution in [0, 0.1) is 6.20 Å². The maximum atomic E-state index is 4.33. The van der Waals surface area contributed by atoms with E-state index >= 15 is 0 Å². The monoisotopic (exact) mass is 393 g/mol. The van der Waals surface area contributed by atoms with Crippen molar-refractivity contribution >= 4 is 0 Å². The van der Waals surface area contributed by atoms with Crippen LogP contribution in [0.25, 0.3) is 5.82 Å². The van der Waals surface area contributed by atoms with Gasteiger partial charge in [-0.15, -0.1) is 0 Å². The molecule has 2 heterocycles. The van der Waals surface area contributed by atoms with Crippen LogP contribution in [0.2, 0.25) is 0 Å². The molecular formula is C12H14IrN3-. The molecule has 2 aromatic heterocycles. The standard InChI is InChI=1S/C12H14N3.Ir/c1-3-10(2)12-14-8-9-15(12)11-6-4-5-7-13-11;/h4-8,10H,3H2,1-2H3;/q-1;. The minimum absolute atomic E-state index is 0. The van der Waals surface area contributed by atoms with Crippen molar-refractivity contribution in [1.29, 1.82) is 0 Å². The number of imidazole rings is 1. The summed E-state index contributed by atoms with van der Waals surface area (Å²) in [5.74, 6) is 2.33.